The van der Waals surface area contributed by atoms with Gasteiger partial charge in [0.2, 0.25) is 15.9 Å². The molecule has 0 spiro atoms. The van der Waals surface area contributed by atoms with Gasteiger partial charge in [-0.25, -0.2) is 8.42 Å². The van der Waals surface area contributed by atoms with E-state index in [0.717, 1.165) is 11.8 Å². The highest BCUT2D eigenvalue weighted by Gasteiger charge is 2.19. The van der Waals surface area contributed by atoms with E-state index in [2.05, 4.69) is 26.1 Å². The molecule has 0 radical (unpaired) electrons. The van der Waals surface area contributed by atoms with E-state index in [1.165, 1.54) is 9.87 Å². The molecule has 0 unspecified atom stereocenters. The number of carbonyl (C=O) groups excluding carboxylic acids is 1. The van der Waals surface area contributed by atoms with E-state index < -0.39 is 10.0 Å². The Morgan fingerprint density at radius 1 is 1.00 bits per heavy atom. The highest BCUT2D eigenvalue weighted by Crippen LogP contribution is 2.23. The highest BCUT2D eigenvalue weighted by molar-refractivity contribution is 7.92. The number of carbonyl (C=O) groups is 1. The Hall–Kier alpha value is -2.34. The summed E-state index contributed by atoms with van der Waals surface area (Å²) in [4.78, 5) is 12.3. The molecule has 27 heavy (non-hydrogen) atoms. The van der Waals surface area contributed by atoms with E-state index in [0.29, 0.717) is 11.4 Å². The standard InChI is InChI=1S/C21H28N2O3S/c1-16-6-12-19(13-7-16)23(27(5,25)26)15-14-20(24)22-18-10-8-17(9-11-18)21(2,3)4/h6-13H,14-15H2,1-5H3,(H,22,24). The first-order valence-corrected chi connectivity index (χ1v) is 10.8. The van der Waals surface area contributed by atoms with Crippen LogP contribution in [0.1, 0.15) is 38.3 Å². The van der Waals surface area contributed by atoms with Gasteiger partial charge in [-0.1, -0.05) is 50.6 Å². The second-order valence-corrected chi connectivity index (χ2v) is 9.70. The summed E-state index contributed by atoms with van der Waals surface area (Å²) in [7, 11) is -3.47. The lowest BCUT2D eigenvalue weighted by molar-refractivity contribution is -0.116. The van der Waals surface area contributed by atoms with Gasteiger partial charge in [0, 0.05) is 18.7 Å². The van der Waals surface area contributed by atoms with E-state index in [1.807, 2.05) is 43.3 Å². The summed E-state index contributed by atoms with van der Waals surface area (Å²) in [6, 6.07) is 14.9. The smallest absolute Gasteiger partial charge is 0.232 e. The van der Waals surface area contributed by atoms with Gasteiger partial charge >= 0.3 is 0 Å². The maximum atomic E-state index is 12.3. The molecule has 0 aliphatic heterocycles. The third-order valence-electron chi connectivity index (χ3n) is 4.30. The number of rotatable bonds is 6. The van der Waals surface area contributed by atoms with Crippen molar-refractivity contribution in [1.29, 1.82) is 0 Å². The zero-order valence-electron chi connectivity index (χ0n) is 16.6. The van der Waals surface area contributed by atoms with Gasteiger partial charge in [-0.15, -0.1) is 0 Å². The van der Waals surface area contributed by atoms with Crippen LogP contribution < -0.4 is 9.62 Å². The number of aryl methyl sites for hydroxylation is 1. The van der Waals surface area contributed by atoms with Crippen molar-refractivity contribution in [2.45, 2.75) is 39.5 Å². The van der Waals surface area contributed by atoms with E-state index in [9.17, 15) is 13.2 Å². The van der Waals surface area contributed by atoms with Crippen LogP contribution in [0.2, 0.25) is 0 Å². The molecule has 0 aliphatic carbocycles. The lowest BCUT2D eigenvalue weighted by atomic mass is 9.87. The molecule has 0 saturated heterocycles. The number of amides is 1. The van der Waals surface area contributed by atoms with Crippen LogP contribution in [-0.4, -0.2) is 27.1 Å². The van der Waals surface area contributed by atoms with Crippen LogP contribution in [-0.2, 0) is 20.2 Å². The summed E-state index contributed by atoms with van der Waals surface area (Å²) in [5.74, 6) is -0.223. The third kappa shape index (κ3) is 6.10. The van der Waals surface area contributed by atoms with Gasteiger partial charge < -0.3 is 5.32 Å². The Labute approximate surface area is 162 Å². The predicted octanol–water partition coefficient (Wildman–Crippen LogP) is 4.09. The van der Waals surface area contributed by atoms with Gasteiger partial charge in [-0.3, -0.25) is 9.10 Å². The molecule has 2 aromatic rings. The number of nitrogens with zero attached hydrogens (tertiary/aromatic N) is 1. The number of nitrogens with one attached hydrogen (secondary N) is 1. The molecule has 0 aliphatic rings. The summed E-state index contributed by atoms with van der Waals surface area (Å²) in [5, 5.41) is 2.83. The maximum Gasteiger partial charge on any atom is 0.232 e. The molecule has 0 fully saturated rings. The van der Waals surface area contributed by atoms with E-state index in [1.54, 1.807) is 12.1 Å². The van der Waals surface area contributed by atoms with Crippen LogP contribution in [0.4, 0.5) is 11.4 Å². The summed E-state index contributed by atoms with van der Waals surface area (Å²) >= 11 is 0. The topological polar surface area (TPSA) is 66.5 Å². The van der Waals surface area contributed by atoms with Crippen molar-refractivity contribution in [3.8, 4) is 0 Å². The predicted molar refractivity (Wildman–Crippen MR) is 112 cm³/mol. The van der Waals surface area contributed by atoms with E-state index in [4.69, 9.17) is 0 Å². The summed E-state index contributed by atoms with van der Waals surface area (Å²) < 4.78 is 25.5. The fraction of sp³-hybridized carbons (Fsp3) is 0.381. The lowest BCUT2D eigenvalue weighted by Crippen LogP contribution is -2.33. The lowest BCUT2D eigenvalue weighted by Gasteiger charge is -2.22. The minimum absolute atomic E-state index is 0.0482. The zero-order valence-corrected chi connectivity index (χ0v) is 17.4. The maximum absolute atomic E-state index is 12.3. The van der Waals surface area contributed by atoms with Crippen LogP contribution in [0, 0.1) is 6.92 Å². The van der Waals surface area contributed by atoms with Crippen LogP contribution in [0.3, 0.4) is 0 Å². The monoisotopic (exact) mass is 388 g/mol. The van der Waals surface area contributed by atoms with Crippen LogP contribution in [0.25, 0.3) is 0 Å². The number of sulfonamides is 1. The van der Waals surface area contributed by atoms with Crippen LogP contribution >= 0.6 is 0 Å². The van der Waals surface area contributed by atoms with Crippen LogP contribution in [0.15, 0.2) is 48.5 Å². The van der Waals surface area contributed by atoms with Gasteiger partial charge in [-0.05, 0) is 42.2 Å². The first-order chi connectivity index (χ1) is 12.5. The first kappa shape index (κ1) is 21.0. The van der Waals surface area contributed by atoms with Gasteiger partial charge in [0.15, 0.2) is 0 Å². The molecule has 0 heterocycles. The third-order valence-corrected chi connectivity index (χ3v) is 5.49. The Kier molecular flexibility index (Phi) is 6.31. The van der Waals surface area contributed by atoms with Gasteiger partial charge in [-0.2, -0.15) is 0 Å². The second kappa shape index (κ2) is 8.13. The minimum atomic E-state index is -3.47. The van der Waals surface area contributed by atoms with Crippen molar-refractivity contribution < 1.29 is 13.2 Å². The van der Waals surface area contributed by atoms with Gasteiger partial charge in [0.1, 0.15) is 0 Å². The summed E-state index contributed by atoms with van der Waals surface area (Å²) in [6.45, 7) is 8.42. The van der Waals surface area contributed by atoms with Crippen LogP contribution in [0.5, 0.6) is 0 Å². The normalized spacial score (nSPS) is 11.9. The molecule has 5 nitrogen and oxygen atoms in total. The summed E-state index contributed by atoms with van der Waals surface area (Å²) in [6.07, 6.45) is 1.22. The molecule has 2 aromatic carbocycles. The largest absolute Gasteiger partial charge is 0.326 e. The molecule has 1 amide bonds. The number of hydrogen-bond acceptors (Lipinski definition) is 3. The molecular formula is C21H28N2O3S. The molecule has 1 N–H and O–H groups in total. The molecule has 0 saturated carbocycles. The minimum Gasteiger partial charge on any atom is -0.326 e. The van der Waals surface area contributed by atoms with Crippen molar-refractivity contribution in [3.05, 3.63) is 59.7 Å². The van der Waals surface area contributed by atoms with Gasteiger partial charge in [0.05, 0.1) is 11.9 Å². The molecule has 0 aromatic heterocycles. The molecule has 0 bridgehead atoms. The Morgan fingerprint density at radius 3 is 2.04 bits per heavy atom. The fourth-order valence-corrected chi connectivity index (χ4v) is 3.61. The molecular weight excluding hydrogens is 360 g/mol. The number of hydrogen-bond donors (Lipinski definition) is 1. The van der Waals surface area contributed by atoms with Crippen molar-refractivity contribution in [2.75, 3.05) is 22.4 Å². The zero-order chi connectivity index (χ0) is 20.2. The summed E-state index contributed by atoms with van der Waals surface area (Å²) in [5.41, 5.74) is 3.54. The average molecular weight is 389 g/mol. The van der Waals surface area contributed by atoms with Crippen molar-refractivity contribution >= 4 is 27.3 Å². The first-order valence-electron chi connectivity index (χ1n) is 8.91. The highest BCUT2D eigenvalue weighted by atomic mass is 32.2. The molecule has 146 valence electrons. The fourth-order valence-electron chi connectivity index (χ4n) is 2.68. The number of benzene rings is 2. The number of anilines is 2. The van der Waals surface area contributed by atoms with Gasteiger partial charge in [0.25, 0.3) is 0 Å². The SMILES string of the molecule is Cc1ccc(N(CCC(=O)Nc2ccc(C(C)(C)C)cc2)S(C)(=O)=O)cc1. The Morgan fingerprint density at radius 2 is 1.56 bits per heavy atom. The molecule has 0 atom stereocenters. The second-order valence-electron chi connectivity index (χ2n) is 7.80. The average Bonchev–Trinajstić information content (AvgIpc) is 2.55. The Balaban J connectivity index is 2.02. The molecule has 6 heteroatoms. The van der Waals surface area contributed by atoms with E-state index >= 15 is 0 Å². The van der Waals surface area contributed by atoms with E-state index in [-0.39, 0.29) is 24.3 Å². The Bertz CT molecular complexity index is 881. The molecule has 2 rings (SSSR count). The quantitative estimate of drug-likeness (QED) is 0.811. The van der Waals surface area contributed by atoms with Crippen molar-refractivity contribution in [2.24, 2.45) is 0 Å². The van der Waals surface area contributed by atoms with Crippen molar-refractivity contribution in [1.82, 2.24) is 0 Å². The van der Waals surface area contributed by atoms with Crippen molar-refractivity contribution in [3.63, 3.8) is 0 Å².